The summed E-state index contributed by atoms with van der Waals surface area (Å²) in [6.45, 7) is 0. The molecule has 7 heteroatoms. The van der Waals surface area contributed by atoms with Crippen molar-refractivity contribution >= 4 is 11.6 Å². The Hall–Kier alpha value is -1.69. The lowest BCUT2D eigenvalue weighted by molar-refractivity contribution is -0.140. The standard InChI is InChI=1S/C13H12ClF3N2O/c1-19-7-11(13(15,16)17)18-12(19)8-3-4-9(6-14)10(5-8)20-2/h3-5,7H,6H2,1-2H3. The van der Waals surface area contributed by atoms with Gasteiger partial charge in [0.1, 0.15) is 11.6 Å². The van der Waals surface area contributed by atoms with E-state index in [1.807, 2.05) is 0 Å². The van der Waals surface area contributed by atoms with Crippen molar-refractivity contribution in [3.63, 3.8) is 0 Å². The van der Waals surface area contributed by atoms with Crippen LogP contribution in [0.4, 0.5) is 13.2 Å². The zero-order valence-electron chi connectivity index (χ0n) is 10.8. The third kappa shape index (κ3) is 2.75. The molecular formula is C13H12ClF3N2O. The van der Waals surface area contributed by atoms with Crippen LogP contribution in [0, 0.1) is 0 Å². The van der Waals surface area contributed by atoms with Gasteiger partial charge >= 0.3 is 6.18 Å². The summed E-state index contributed by atoms with van der Waals surface area (Å²) in [5, 5.41) is 0. The molecule has 0 aliphatic carbocycles. The van der Waals surface area contributed by atoms with E-state index in [-0.39, 0.29) is 11.7 Å². The van der Waals surface area contributed by atoms with Crippen LogP contribution >= 0.6 is 11.6 Å². The molecule has 0 atom stereocenters. The van der Waals surface area contributed by atoms with Crippen LogP contribution in [0.2, 0.25) is 0 Å². The number of halogens is 4. The van der Waals surface area contributed by atoms with E-state index in [0.717, 1.165) is 11.8 Å². The van der Waals surface area contributed by atoms with Crippen molar-refractivity contribution in [3.05, 3.63) is 35.7 Å². The second kappa shape index (κ2) is 5.36. The predicted octanol–water partition coefficient (Wildman–Crippen LogP) is 3.85. The summed E-state index contributed by atoms with van der Waals surface area (Å²) >= 11 is 5.75. The second-order valence-corrected chi connectivity index (χ2v) is 4.49. The van der Waals surface area contributed by atoms with Gasteiger partial charge in [0.15, 0.2) is 5.69 Å². The van der Waals surface area contributed by atoms with Gasteiger partial charge in [-0.15, -0.1) is 11.6 Å². The van der Waals surface area contributed by atoms with E-state index >= 15 is 0 Å². The van der Waals surface area contributed by atoms with Gasteiger partial charge in [-0.25, -0.2) is 4.98 Å². The molecule has 1 aromatic carbocycles. The Morgan fingerprint density at radius 1 is 1.35 bits per heavy atom. The van der Waals surface area contributed by atoms with E-state index in [2.05, 4.69) is 4.98 Å². The number of hydrogen-bond acceptors (Lipinski definition) is 2. The quantitative estimate of drug-likeness (QED) is 0.805. The Bertz CT molecular complexity index is 623. The molecule has 0 unspecified atom stereocenters. The van der Waals surface area contributed by atoms with Crippen LogP contribution < -0.4 is 4.74 Å². The van der Waals surface area contributed by atoms with E-state index < -0.39 is 11.9 Å². The molecule has 3 nitrogen and oxygen atoms in total. The lowest BCUT2D eigenvalue weighted by atomic mass is 10.1. The number of aryl methyl sites for hydroxylation is 1. The zero-order chi connectivity index (χ0) is 14.9. The Morgan fingerprint density at radius 2 is 2.05 bits per heavy atom. The molecule has 0 amide bonds. The van der Waals surface area contributed by atoms with Crippen molar-refractivity contribution in [1.82, 2.24) is 9.55 Å². The average molecular weight is 305 g/mol. The molecule has 0 saturated heterocycles. The van der Waals surface area contributed by atoms with Gasteiger partial charge in [0, 0.05) is 24.4 Å². The van der Waals surface area contributed by atoms with Crippen molar-refractivity contribution in [2.75, 3.05) is 7.11 Å². The Balaban J connectivity index is 2.49. The maximum atomic E-state index is 12.6. The van der Waals surface area contributed by atoms with Gasteiger partial charge in [-0.1, -0.05) is 12.1 Å². The summed E-state index contributed by atoms with van der Waals surface area (Å²) in [6, 6.07) is 5.01. The fraction of sp³-hybridized carbons (Fsp3) is 0.308. The molecule has 0 aliphatic heterocycles. The third-order valence-corrected chi connectivity index (χ3v) is 3.14. The van der Waals surface area contributed by atoms with Crippen molar-refractivity contribution in [2.24, 2.45) is 7.05 Å². The van der Waals surface area contributed by atoms with Crippen LogP contribution in [0.25, 0.3) is 11.4 Å². The number of hydrogen-bond donors (Lipinski definition) is 0. The fourth-order valence-corrected chi connectivity index (χ4v) is 2.09. The summed E-state index contributed by atoms with van der Waals surface area (Å²) in [5.41, 5.74) is 0.382. The van der Waals surface area contributed by atoms with Crippen molar-refractivity contribution in [1.29, 1.82) is 0 Å². The Labute approximate surface area is 119 Å². The van der Waals surface area contributed by atoms with Gasteiger partial charge in [-0.3, -0.25) is 0 Å². The van der Waals surface area contributed by atoms with Gasteiger partial charge in [-0.05, 0) is 6.07 Å². The zero-order valence-corrected chi connectivity index (χ0v) is 11.6. The molecule has 1 heterocycles. The average Bonchev–Trinajstić information content (AvgIpc) is 2.80. The third-order valence-electron chi connectivity index (χ3n) is 2.86. The molecule has 0 aliphatic rings. The number of ether oxygens (including phenoxy) is 1. The van der Waals surface area contributed by atoms with E-state index in [1.165, 1.54) is 18.7 Å². The van der Waals surface area contributed by atoms with Crippen LogP contribution in [-0.4, -0.2) is 16.7 Å². The van der Waals surface area contributed by atoms with Crippen LogP contribution in [0.15, 0.2) is 24.4 Å². The van der Waals surface area contributed by atoms with Gasteiger partial charge in [0.25, 0.3) is 0 Å². The predicted molar refractivity (Wildman–Crippen MR) is 69.8 cm³/mol. The number of methoxy groups -OCH3 is 1. The van der Waals surface area contributed by atoms with Gasteiger partial charge < -0.3 is 9.30 Å². The highest BCUT2D eigenvalue weighted by Gasteiger charge is 2.34. The number of alkyl halides is 4. The SMILES string of the molecule is COc1cc(-c2nc(C(F)(F)F)cn2C)ccc1CCl. The molecule has 108 valence electrons. The van der Waals surface area contributed by atoms with E-state index in [0.29, 0.717) is 11.3 Å². The molecule has 0 saturated carbocycles. The minimum atomic E-state index is -4.46. The van der Waals surface area contributed by atoms with Crippen molar-refractivity contribution in [3.8, 4) is 17.1 Å². The van der Waals surface area contributed by atoms with Crippen molar-refractivity contribution < 1.29 is 17.9 Å². The largest absolute Gasteiger partial charge is 0.496 e. The molecule has 0 radical (unpaired) electrons. The number of imidazole rings is 1. The van der Waals surface area contributed by atoms with E-state index in [9.17, 15) is 13.2 Å². The van der Waals surface area contributed by atoms with Crippen LogP contribution in [-0.2, 0) is 19.1 Å². The molecule has 20 heavy (non-hydrogen) atoms. The van der Waals surface area contributed by atoms with Gasteiger partial charge in [0.2, 0.25) is 0 Å². The van der Waals surface area contributed by atoms with E-state index in [1.54, 1.807) is 18.2 Å². The first-order valence-electron chi connectivity index (χ1n) is 5.70. The van der Waals surface area contributed by atoms with Crippen LogP contribution in [0.5, 0.6) is 5.75 Å². The van der Waals surface area contributed by atoms with Gasteiger partial charge in [-0.2, -0.15) is 13.2 Å². The molecule has 1 aromatic heterocycles. The molecule has 2 aromatic rings. The summed E-state index contributed by atoms with van der Waals surface area (Å²) in [6.07, 6.45) is -3.51. The lowest BCUT2D eigenvalue weighted by Gasteiger charge is -2.08. The molecule has 2 rings (SSSR count). The maximum Gasteiger partial charge on any atom is 0.434 e. The van der Waals surface area contributed by atoms with E-state index in [4.69, 9.17) is 16.3 Å². The smallest absolute Gasteiger partial charge is 0.434 e. The minimum absolute atomic E-state index is 0.219. The first-order chi connectivity index (χ1) is 9.36. The first kappa shape index (κ1) is 14.7. The molecule has 0 spiro atoms. The molecule has 0 bridgehead atoms. The Kier molecular flexibility index (Phi) is 3.94. The highest BCUT2D eigenvalue weighted by Crippen LogP contribution is 2.32. The summed E-state index contributed by atoms with van der Waals surface area (Å²) < 4.78 is 44.4. The fourth-order valence-electron chi connectivity index (χ4n) is 1.87. The number of benzene rings is 1. The molecule has 0 N–H and O–H groups in total. The lowest BCUT2D eigenvalue weighted by Crippen LogP contribution is -2.04. The van der Waals surface area contributed by atoms with Gasteiger partial charge in [0.05, 0.1) is 13.0 Å². The highest BCUT2D eigenvalue weighted by molar-refractivity contribution is 6.17. The second-order valence-electron chi connectivity index (χ2n) is 4.22. The number of rotatable bonds is 3. The van der Waals surface area contributed by atoms with Crippen LogP contribution in [0.1, 0.15) is 11.3 Å². The number of aromatic nitrogens is 2. The van der Waals surface area contributed by atoms with Crippen molar-refractivity contribution in [2.45, 2.75) is 12.1 Å². The maximum absolute atomic E-state index is 12.6. The molecule has 0 fully saturated rings. The minimum Gasteiger partial charge on any atom is -0.496 e. The normalized spacial score (nSPS) is 11.7. The van der Waals surface area contributed by atoms with Crippen LogP contribution in [0.3, 0.4) is 0 Å². The summed E-state index contributed by atoms with van der Waals surface area (Å²) in [4.78, 5) is 3.63. The number of nitrogens with zero attached hydrogens (tertiary/aromatic N) is 2. The highest BCUT2D eigenvalue weighted by atomic mass is 35.5. The molecular weight excluding hydrogens is 293 g/mol. The Morgan fingerprint density at radius 3 is 2.55 bits per heavy atom. The monoisotopic (exact) mass is 304 g/mol. The summed E-state index contributed by atoms with van der Waals surface area (Å²) in [7, 11) is 2.99. The first-order valence-corrected chi connectivity index (χ1v) is 6.24. The topological polar surface area (TPSA) is 27.1 Å². The summed E-state index contributed by atoms with van der Waals surface area (Å²) in [5.74, 6) is 1.00.